The van der Waals surface area contributed by atoms with Gasteiger partial charge in [-0.1, -0.05) is 12.1 Å². The molecule has 0 unspecified atom stereocenters. The maximum atomic E-state index is 12.0. The Hall–Kier alpha value is -2.95. The minimum absolute atomic E-state index is 0.154. The number of ether oxygens (including phenoxy) is 2. The summed E-state index contributed by atoms with van der Waals surface area (Å²) in [7, 11) is 7.18. The van der Waals surface area contributed by atoms with E-state index in [-0.39, 0.29) is 5.91 Å². The Balaban J connectivity index is 1.94. The fourth-order valence-corrected chi connectivity index (χ4v) is 2.26. The highest BCUT2D eigenvalue weighted by atomic mass is 16.5. The second kappa shape index (κ2) is 8.78. The maximum Gasteiger partial charge on any atom is 0.244 e. The Kier molecular flexibility index (Phi) is 6.46. The van der Waals surface area contributed by atoms with E-state index in [1.54, 1.807) is 26.4 Å². The number of hydrogen-bond donors (Lipinski definition) is 1. The summed E-state index contributed by atoms with van der Waals surface area (Å²) >= 11 is 0. The molecule has 5 heteroatoms. The molecule has 1 N–H and O–H groups in total. The van der Waals surface area contributed by atoms with E-state index in [1.807, 2.05) is 55.4 Å². The SMILES string of the molecule is COc1cc(/C=C/C(=O)NCc2ccc(N(C)C)cc2)cc(OC)c1. The Morgan fingerprint density at radius 1 is 1.04 bits per heavy atom. The Bertz CT molecular complexity index is 715. The van der Waals surface area contributed by atoms with Crippen molar-refractivity contribution in [2.75, 3.05) is 33.2 Å². The molecule has 0 aliphatic rings. The van der Waals surface area contributed by atoms with Crippen LogP contribution in [0.2, 0.25) is 0 Å². The summed E-state index contributed by atoms with van der Waals surface area (Å²) in [5, 5.41) is 2.87. The lowest BCUT2D eigenvalue weighted by Gasteiger charge is -2.12. The van der Waals surface area contributed by atoms with Gasteiger partial charge in [-0.25, -0.2) is 0 Å². The van der Waals surface area contributed by atoms with Gasteiger partial charge in [-0.2, -0.15) is 0 Å². The molecule has 0 spiro atoms. The minimum Gasteiger partial charge on any atom is -0.497 e. The standard InChI is InChI=1S/C20H24N2O3/c1-22(2)17-8-5-15(6-9-17)14-21-20(23)10-7-16-11-18(24-3)13-19(12-16)25-4/h5-13H,14H2,1-4H3,(H,21,23)/b10-7+. The number of amides is 1. The van der Waals surface area contributed by atoms with E-state index in [0.29, 0.717) is 18.0 Å². The van der Waals surface area contributed by atoms with Gasteiger partial charge in [0.05, 0.1) is 14.2 Å². The van der Waals surface area contributed by atoms with Gasteiger partial charge >= 0.3 is 0 Å². The summed E-state index contributed by atoms with van der Waals surface area (Å²) in [4.78, 5) is 14.0. The highest BCUT2D eigenvalue weighted by Gasteiger charge is 2.01. The van der Waals surface area contributed by atoms with Crippen LogP contribution in [0.4, 0.5) is 5.69 Å². The average molecular weight is 340 g/mol. The van der Waals surface area contributed by atoms with Gasteiger partial charge in [-0.15, -0.1) is 0 Å². The molecule has 2 aromatic carbocycles. The monoisotopic (exact) mass is 340 g/mol. The zero-order valence-electron chi connectivity index (χ0n) is 15.1. The van der Waals surface area contributed by atoms with Crippen LogP contribution in [0.15, 0.2) is 48.5 Å². The first-order valence-corrected chi connectivity index (χ1v) is 7.97. The topological polar surface area (TPSA) is 50.8 Å². The van der Waals surface area contributed by atoms with Gasteiger partial charge < -0.3 is 19.7 Å². The quantitative estimate of drug-likeness (QED) is 0.787. The molecule has 0 saturated carbocycles. The molecular formula is C20H24N2O3. The first-order chi connectivity index (χ1) is 12.0. The summed E-state index contributed by atoms with van der Waals surface area (Å²) in [5.74, 6) is 1.21. The molecule has 0 bridgehead atoms. The summed E-state index contributed by atoms with van der Waals surface area (Å²) in [6.07, 6.45) is 3.23. The zero-order valence-corrected chi connectivity index (χ0v) is 15.1. The van der Waals surface area contributed by atoms with Crippen LogP contribution in [0.1, 0.15) is 11.1 Å². The number of nitrogens with zero attached hydrogens (tertiary/aromatic N) is 1. The van der Waals surface area contributed by atoms with E-state index in [1.165, 1.54) is 6.08 Å². The molecule has 0 saturated heterocycles. The van der Waals surface area contributed by atoms with Crippen LogP contribution in [0.5, 0.6) is 11.5 Å². The van der Waals surface area contributed by atoms with Crippen LogP contribution in [0, 0.1) is 0 Å². The van der Waals surface area contributed by atoms with Crippen molar-refractivity contribution in [3.05, 3.63) is 59.7 Å². The Morgan fingerprint density at radius 3 is 2.16 bits per heavy atom. The van der Waals surface area contributed by atoms with E-state index >= 15 is 0 Å². The van der Waals surface area contributed by atoms with Gasteiger partial charge in [0, 0.05) is 38.5 Å². The molecular weight excluding hydrogens is 316 g/mol. The van der Waals surface area contributed by atoms with Crippen molar-refractivity contribution in [2.24, 2.45) is 0 Å². The molecule has 0 fully saturated rings. The minimum atomic E-state index is -0.154. The molecule has 2 rings (SSSR count). The fraction of sp³-hybridized carbons (Fsp3) is 0.250. The van der Waals surface area contributed by atoms with Gasteiger partial charge in [0.2, 0.25) is 5.91 Å². The number of hydrogen-bond acceptors (Lipinski definition) is 4. The molecule has 0 radical (unpaired) electrons. The van der Waals surface area contributed by atoms with E-state index < -0.39 is 0 Å². The first kappa shape index (κ1) is 18.4. The van der Waals surface area contributed by atoms with E-state index in [2.05, 4.69) is 5.32 Å². The summed E-state index contributed by atoms with van der Waals surface area (Å²) in [5.41, 5.74) is 3.01. The number of methoxy groups -OCH3 is 2. The van der Waals surface area contributed by atoms with Crippen molar-refractivity contribution in [2.45, 2.75) is 6.54 Å². The lowest BCUT2D eigenvalue weighted by Crippen LogP contribution is -2.20. The Morgan fingerprint density at radius 2 is 1.64 bits per heavy atom. The second-order valence-electron chi connectivity index (χ2n) is 5.76. The molecule has 0 aromatic heterocycles. The van der Waals surface area contributed by atoms with Gasteiger partial charge in [0.15, 0.2) is 0 Å². The zero-order chi connectivity index (χ0) is 18.2. The van der Waals surface area contributed by atoms with Gasteiger partial charge in [-0.05, 0) is 41.5 Å². The maximum absolute atomic E-state index is 12.0. The predicted molar refractivity (Wildman–Crippen MR) is 101 cm³/mol. The predicted octanol–water partition coefficient (Wildman–Crippen LogP) is 3.10. The van der Waals surface area contributed by atoms with E-state index in [0.717, 1.165) is 16.8 Å². The first-order valence-electron chi connectivity index (χ1n) is 7.97. The van der Waals surface area contributed by atoms with Crippen molar-refractivity contribution < 1.29 is 14.3 Å². The highest BCUT2D eigenvalue weighted by molar-refractivity contribution is 5.91. The lowest BCUT2D eigenvalue weighted by molar-refractivity contribution is -0.116. The fourth-order valence-electron chi connectivity index (χ4n) is 2.26. The third-order valence-electron chi connectivity index (χ3n) is 3.72. The van der Waals surface area contributed by atoms with Crippen LogP contribution in [0.3, 0.4) is 0 Å². The molecule has 0 aliphatic carbocycles. The van der Waals surface area contributed by atoms with Gasteiger partial charge in [-0.3, -0.25) is 4.79 Å². The number of benzene rings is 2. The number of anilines is 1. The largest absolute Gasteiger partial charge is 0.497 e. The third-order valence-corrected chi connectivity index (χ3v) is 3.72. The molecule has 132 valence electrons. The third kappa shape index (κ3) is 5.57. The van der Waals surface area contributed by atoms with Gasteiger partial charge in [0.1, 0.15) is 11.5 Å². The summed E-state index contributed by atoms with van der Waals surface area (Å²) < 4.78 is 10.4. The van der Waals surface area contributed by atoms with E-state index in [4.69, 9.17) is 9.47 Å². The highest BCUT2D eigenvalue weighted by Crippen LogP contribution is 2.23. The molecule has 1 amide bonds. The molecule has 0 aliphatic heterocycles. The van der Waals surface area contributed by atoms with Crippen molar-refractivity contribution in [3.63, 3.8) is 0 Å². The summed E-state index contributed by atoms with van der Waals surface area (Å²) in [6, 6.07) is 13.5. The van der Waals surface area contributed by atoms with Crippen LogP contribution < -0.4 is 19.7 Å². The molecule has 2 aromatic rings. The van der Waals surface area contributed by atoms with Crippen molar-refractivity contribution in [1.82, 2.24) is 5.32 Å². The number of carbonyl (C=O) groups excluding carboxylic acids is 1. The molecule has 0 atom stereocenters. The average Bonchev–Trinajstić information content (AvgIpc) is 2.64. The van der Waals surface area contributed by atoms with Crippen molar-refractivity contribution in [3.8, 4) is 11.5 Å². The van der Waals surface area contributed by atoms with Crippen LogP contribution in [-0.2, 0) is 11.3 Å². The van der Waals surface area contributed by atoms with Crippen LogP contribution >= 0.6 is 0 Å². The molecule has 0 heterocycles. The number of carbonyl (C=O) groups is 1. The lowest BCUT2D eigenvalue weighted by atomic mass is 10.1. The molecule has 25 heavy (non-hydrogen) atoms. The van der Waals surface area contributed by atoms with Gasteiger partial charge in [0.25, 0.3) is 0 Å². The Labute approximate surface area is 148 Å². The van der Waals surface area contributed by atoms with Crippen molar-refractivity contribution in [1.29, 1.82) is 0 Å². The number of rotatable bonds is 7. The van der Waals surface area contributed by atoms with Crippen LogP contribution in [-0.4, -0.2) is 34.2 Å². The molecule has 5 nitrogen and oxygen atoms in total. The van der Waals surface area contributed by atoms with Crippen LogP contribution in [0.25, 0.3) is 6.08 Å². The second-order valence-corrected chi connectivity index (χ2v) is 5.76. The summed E-state index contributed by atoms with van der Waals surface area (Å²) in [6.45, 7) is 0.484. The van der Waals surface area contributed by atoms with E-state index in [9.17, 15) is 4.79 Å². The van der Waals surface area contributed by atoms with Crippen molar-refractivity contribution >= 4 is 17.7 Å². The normalized spacial score (nSPS) is 10.6. The smallest absolute Gasteiger partial charge is 0.244 e. The number of nitrogens with one attached hydrogen (secondary N) is 1.